The van der Waals surface area contributed by atoms with Crippen molar-refractivity contribution in [3.8, 4) is 11.1 Å². The predicted molar refractivity (Wildman–Crippen MR) is 91.9 cm³/mol. The Kier molecular flexibility index (Phi) is 4.67. The maximum absolute atomic E-state index is 11.3. The van der Waals surface area contributed by atoms with Gasteiger partial charge >= 0.3 is 17.9 Å². The smallest absolute Gasteiger partial charge is 0.359 e. The van der Waals surface area contributed by atoms with Gasteiger partial charge in [0.2, 0.25) is 5.69 Å². The van der Waals surface area contributed by atoms with Crippen LogP contribution in [0.3, 0.4) is 0 Å². The van der Waals surface area contributed by atoms with E-state index in [0.29, 0.717) is 16.7 Å². The molecule has 0 bridgehead atoms. The van der Waals surface area contributed by atoms with Crippen LogP contribution in [0.25, 0.3) is 11.1 Å². The van der Waals surface area contributed by atoms with Crippen molar-refractivity contribution in [3.63, 3.8) is 0 Å². The lowest BCUT2D eigenvalue weighted by Crippen LogP contribution is -2.14. The molecule has 9 heteroatoms. The van der Waals surface area contributed by atoms with E-state index in [1.54, 1.807) is 42.5 Å². The quantitative estimate of drug-likeness (QED) is 0.601. The molecule has 3 aromatic rings. The van der Waals surface area contributed by atoms with E-state index in [9.17, 15) is 24.6 Å². The summed E-state index contributed by atoms with van der Waals surface area (Å²) in [5, 5.41) is 34.5. The van der Waals surface area contributed by atoms with Crippen LogP contribution in [0.15, 0.2) is 48.5 Å². The number of hydrogen-bond donors (Lipinski definition) is 3. The van der Waals surface area contributed by atoms with Gasteiger partial charge in [0.1, 0.15) is 0 Å². The number of carboxylic acids is 3. The molecule has 0 atom stereocenters. The standard InChI is InChI=1S/C18H13N3O6/c22-16(23)13-4-2-1-3-12(13)11-7-5-10(6-8-11)9-21-15(18(26)27)14(17(24)25)19-20-21/h1-8H,9H2,(H,22,23)(H,24,25)(H,26,27). The van der Waals surface area contributed by atoms with Gasteiger partial charge < -0.3 is 15.3 Å². The third-order valence-corrected chi connectivity index (χ3v) is 3.90. The Hall–Kier alpha value is -4.01. The highest BCUT2D eigenvalue weighted by molar-refractivity contribution is 5.98. The number of aromatic nitrogens is 3. The molecule has 0 unspecified atom stereocenters. The Labute approximate surface area is 152 Å². The zero-order valence-electron chi connectivity index (χ0n) is 13.7. The van der Waals surface area contributed by atoms with E-state index < -0.39 is 29.3 Å². The summed E-state index contributed by atoms with van der Waals surface area (Å²) >= 11 is 0. The molecular weight excluding hydrogens is 354 g/mol. The summed E-state index contributed by atoms with van der Waals surface area (Å²) < 4.78 is 0.992. The summed E-state index contributed by atoms with van der Waals surface area (Å²) in [5.74, 6) is -3.95. The van der Waals surface area contributed by atoms with Crippen LogP contribution in [0, 0.1) is 0 Å². The van der Waals surface area contributed by atoms with Crippen molar-refractivity contribution in [2.24, 2.45) is 0 Å². The molecule has 0 aliphatic heterocycles. The second-order valence-corrected chi connectivity index (χ2v) is 5.60. The highest BCUT2D eigenvalue weighted by Crippen LogP contribution is 2.24. The fourth-order valence-corrected chi connectivity index (χ4v) is 2.66. The summed E-state index contributed by atoms with van der Waals surface area (Å²) in [4.78, 5) is 33.7. The molecule has 0 amide bonds. The van der Waals surface area contributed by atoms with E-state index in [-0.39, 0.29) is 12.1 Å². The lowest BCUT2D eigenvalue weighted by molar-refractivity contribution is 0.0640. The minimum atomic E-state index is -1.47. The molecule has 3 rings (SSSR count). The van der Waals surface area contributed by atoms with Crippen LogP contribution < -0.4 is 0 Å². The molecule has 0 aliphatic carbocycles. The van der Waals surface area contributed by atoms with Crippen molar-refractivity contribution in [1.82, 2.24) is 15.0 Å². The molecule has 0 spiro atoms. The Morgan fingerprint density at radius 1 is 0.852 bits per heavy atom. The Balaban J connectivity index is 1.91. The zero-order valence-corrected chi connectivity index (χ0v) is 13.7. The first-order chi connectivity index (χ1) is 12.9. The van der Waals surface area contributed by atoms with Crippen molar-refractivity contribution >= 4 is 17.9 Å². The average Bonchev–Trinajstić information content (AvgIpc) is 3.06. The fourth-order valence-electron chi connectivity index (χ4n) is 2.66. The van der Waals surface area contributed by atoms with Crippen molar-refractivity contribution in [3.05, 3.63) is 71.0 Å². The number of rotatable bonds is 6. The van der Waals surface area contributed by atoms with Crippen LogP contribution in [0.5, 0.6) is 0 Å². The van der Waals surface area contributed by atoms with Crippen LogP contribution in [0.2, 0.25) is 0 Å². The molecule has 0 saturated heterocycles. The van der Waals surface area contributed by atoms with Crippen molar-refractivity contribution in [2.75, 3.05) is 0 Å². The van der Waals surface area contributed by atoms with E-state index in [4.69, 9.17) is 5.11 Å². The van der Waals surface area contributed by atoms with Crippen LogP contribution in [-0.2, 0) is 6.54 Å². The van der Waals surface area contributed by atoms with Crippen LogP contribution >= 0.6 is 0 Å². The molecular formula is C18H13N3O6. The van der Waals surface area contributed by atoms with Gasteiger partial charge in [0, 0.05) is 0 Å². The maximum atomic E-state index is 11.3. The van der Waals surface area contributed by atoms with Crippen molar-refractivity contribution in [2.45, 2.75) is 6.54 Å². The minimum Gasteiger partial charge on any atom is -0.478 e. The SMILES string of the molecule is O=C(O)c1ccccc1-c1ccc(Cn2nnc(C(=O)O)c2C(=O)O)cc1. The minimum absolute atomic E-state index is 0.00275. The number of hydrogen-bond acceptors (Lipinski definition) is 5. The highest BCUT2D eigenvalue weighted by Gasteiger charge is 2.24. The normalized spacial score (nSPS) is 10.5. The molecule has 0 radical (unpaired) electrons. The number of benzene rings is 2. The third-order valence-electron chi connectivity index (χ3n) is 3.90. The predicted octanol–water partition coefficient (Wildman–Crippen LogP) is 2.09. The van der Waals surface area contributed by atoms with Gasteiger partial charge in [-0.05, 0) is 22.8 Å². The number of aromatic carboxylic acids is 3. The van der Waals surface area contributed by atoms with E-state index >= 15 is 0 Å². The van der Waals surface area contributed by atoms with E-state index in [2.05, 4.69) is 10.3 Å². The molecule has 1 aromatic heterocycles. The van der Waals surface area contributed by atoms with Crippen LogP contribution in [0.1, 0.15) is 36.9 Å². The largest absolute Gasteiger partial charge is 0.478 e. The van der Waals surface area contributed by atoms with Gasteiger partial charge in [0.05, 0.1) is 12.1 Å². The molecule has 9 nitrogen and oxygen atoms in total. The first-order valence-electron chi connectivity index (χ1n) is 7.70. The lowest BCUT2D eigenvalue weighted by atomic mass is 9.99. The highest BCUT2D eigenvalue weighted by atomic mass is 16.4. The number of carbonyl (C=O) groups is 3. The summed E-state index contributed by atoms with van der Waals surface area (Å²) in [6.07, 6.45) is 0. The van der Waals surface area contributed by atoms with E-state index in [1.807, 2.05) is 0 Å². The third kappa shape index (κ3) is 3.52. The molecule has 0 aliphatic rings. The average molecular weight is 367 g/mol. The molecule has 136 valence electrons. The lowest BCUT2D eigenvalue weighted by Gasteiger charge is -2.08. The van der Waals surface area contributed by atoms with Crippen molar-refractivity contribution < 1.29 is 29.7 Å². The second kappa shape index (κ2) is 7.08. The van der Waals surface area contributed by atoms with Gasteiger partial charge in [-0.2, -0.15) is 0 Å². The van der Waals surface area contributed by atoms with E-state index in [1.165, 1.54) is 6.07 Å². The van der Waals surface area contributed by atoms with Gasteiger partial charge in [-0.1, -0.05) is 47.7 Å². The first kappa shape index (κ1) is 17.8. The topological polar surface area (TPSA) is 143 Å². The van der Waals surface area contributed by atoms with Gasteiger partial charge in [-0.25, -0.2) is 19.1 Å². The molecule has 1 heterocycles. The second-order valence-electron chi connectivity index (χ2n) is 5.60. The first-order valence-corrected chi connectivity index (χ1v) is 7.70. The molecule has 2 aromatic carbocycles. The summed E-state index contributed by atoms with van der Waals surface area (Å²) in [6.45, 7) is 0.00275. The molecule has 3 N–H and O–H groups in total. The Morgan fingerprint density at radius 2 is 1.52 bits per heavy atom. The van der Waals surface area contributed by atoms with Gasteiger partial charge in [-0.3, -0.25) is 0 Å². The maximum Gasteiger partial charge on any atom is 0.359 e. The Bertz CT molecular complexity index is 1040. The van der Waals surface area contributed by atoms with Crippen LogP contribution in [0.4, 0.5) is 0 Å². The number of nitrogens with zero attached hydrogens (tertiary/aromatic N) is 3. The van der Waals surface area contributed by atoms with Crippen molar-refractivity contribution in [1.29, 1.82) is 0 Å². The number of carboxylic acid groups (broad SMARTS) is 3. The van der Waals surface area contributed by atoms with Crippen LogP contribution in [-0.4, -0.2) is 48.2 Å². The molecule has 0 fully saturated rings. The van der Waals surface area contributed by atoms with E-state index in [0.717, 1.165) is 4.68 Å². The zero-order chi connectivity index (χ0) is 19.6. The summed E-state index contributed by atoms with van der Waals surface area (Å²) in [5.41, 5.74) is 0.908. The molecule has 27 heavy (non-hydrogen) atoms. The van der Waals surface area contributed by atoms with Gasteiger partial charge in [0.25, 0.3) is 0 Å². The monoisotopic (exact) mass is 367 g/mol. The Morgan fingerprint density at radius 3 is 2.11 bits per heavy atom. The van der Waals surface area contributed by atoms with Gasteiger partial charge in [-0.15, -0.1) is 5.10 Å². The summed E-state index contributed by atoms with van der Waals surface area (Å²) in [6, 6.07) is 13.3. The fraction of sp³-hybridized carbons (Fsp3) is 0.0556. The van der Waals surface area contributed by atoms with Gasteiger partial charge in [0.15, 0.2) is 5.69 Å². The molecule has 0 saturated carbocycles. The summed E-state index contributed by atoms with van der Waals surface area (Å²) in [7, 11) is 0.